The zero-order valence-electron chi connectivity index (χ0n) is 14.0. The minimum atomic E-state index is -0.0878. The minimum absolute atomic E-state index is 0.0878. The molecule has 124 valence electrons. The number of rotatable bonds is 5. The van der Waals surface area contributed by atoms with Gasteiger partial charge >= 0.3 is 0 Å². The maximum absolute atomic E-state index is 12.3. The van der Waals surface area contributed by atoms with Crippen molar-refractivity contribution in [2.75, 3.05) is 5.32 Å². The van der Waals surface area contributed by atoms with Gasteiger partial charge in [0.25, 0.3) is 0 Å². The van der Waals surface area contributed by atoms with Gasteiger partial charge in [-0.1, -0.05) is 18.6 Å². The molecule has 4 heteroatoms. The van der Waals surface area contributed by atoms with E-state index >= 15 is 0 Å². The molecule has 1 aromatic carbocycles. The third-order valence-electron chi connectivity index (χ3n) is 5.46. The second-order valence-corrected chi connectivity index (χ2v) is 7.25. The van der Waals surface area contributed by atoms with E-state index in [1.807, 2.05) is 24.3 Å². The van der Waals surface area contributed by atoms with Gasteiger partial charge in [0.05, 0.1) is 6.42 Å². The summed E-state index contributed by atoms with van der Waals surface area (Å²) in [7, 11) is 0. The Morgan fingerprint density at radius 2 is 1.91 bits per heavy atom. The van der Waals surface area contributed by atoms with Crippen LogP contribution in [-0.4, -0.2) is 17.9 Å². The zero-order valence-corrected chi connectivity index (χ0v) is 14.0. The first kappa shape index (κ1) is 16.0. The highest BCUT2D eigenvalue weighted by atomic mass is 16.2. The number of benzene rings is 1. The van der Waals surface area contributed by atoms with E-state index < -0.39 is 0 Å². The van der Waals surface area contributed by atoms with Crippen LogP contribution in [-0.2, 0) is 16.0 Å². The van der Waals surface area contributed by atoms with Crippen molar-refractivity contribution < 1.29 is 9.59 Å². The first-order valence-electron chi connectivity index (χ1n) is 8.67. The Morgan fingerprint density at radius 1 is 1.17 bits per heavy atom. The molecule has 4 nitrogen and oxygen atoms in total. The van der Waals surface area contributed by atoms with Crippen molar-refractivity contribution >= 4 is 17.5 Å². The van der Waals surface area contributed by atoms with Gasteiger partial charge in [0.1, 0.15) is 0 Å². The fraction of sp³-hybridized carbons (Fsp3) is 0.579. The number of amides is 2. The summed E-state index contributed by atoms with van der Waals surface area (Å²) in [6.07, 6.45) is 5.79. The van der Waals surface area contributed by atoms with E-state index in [1.165, 1.54) is 32.6 Å². The summed E-state index contributed by atoms with van der Waals surface area (Å²) in [5.41, 5.74) is 1.73. The normalized spacial score (nSPS) is 26.8. The van der Waals surface area contributed by atoms with E-state index in [9.17, 15) is 9.59 Å². The number of nitrogens with one attached hydrogen (secondary N) is 2. The molecule has 2 amide bonds. The summed E-state index contributed by atoms with van der Waals surface area (Å²) in [5, 5.41) is 5.92. The van der Waals surface area contributed by atoms with Gasteiger partial charge in [0, 0.05) is 18.7 Å². The lowest BCUT2D eigenvalue weighted by molar-refractivity contribution is -0.121. The molecular formula is C19H26N2O2. The van der Waals surface area contributed by atoms with Crippen LogP contribution in [0, 0.1) is 17.8 Å². The van der Waals surface area contributed by atoms with E-state index in [2.05, 4.69) is 17.6 Å². The van der Waals surface area contributed by atoms with Gasteiger partial charge in [-0.3, -0.25) is 9.59 Å². The van der Waals surface area contributed by atoms with Gasteiger partial charge < -0.3 is 10.6 Å². The van der Waals surface area contributed by atoms with Gasteiger partial charge in [-0.15, -0.1) is 0 Å². The molecule has 0 aromatic heterocycles. The van der Waals surface area contributed by atoms with Crippen molar-refractivity contribution in [3.05, 3.63) is 29.8 Å². The number of carbonyl (C=O) groups excluding carboxylic acids is 2. The van der Waals surface area contributed by atoms with Crippen LogP contribution in [0.4, 0.5) is 5.69 Å². The van der Waals surface area contributed by atoms with E-state index in [0.29, 0.717) is 12.3 Å². The maximum Gasteiger partial charge on any atom is 0.224 e. The molecule has 2 fully saturated rings. The molecule has 3 rings (SSSR count). The Balaban J connectivity index is 1.50. The minimum Gasteiger partial charge on any atom is -0.353 e. The van der Waals surface area contributed by atoms with Crippen molar-refractivity contribution in [2.24, 2.45) is 17.8 Å². The number of hydrogen-bond acceptors (Lipinski definition) is 2. The van der Waals surface area contributed by atoms with E-state index in [0.717, 1.165) is 23.1 Å². The quantitative estimate of drug-likeness (QED) is 0.877. The van der Waals surface area contributed by atoms with Crippen LogP contribution in [0.15, 0.2) is 24.3 Å². The highest BCUT2D eigenvalue weighted by Gasteiger charge is 2.42. The molecular weight excluding hydrogens is 288 g/mol. The first-order valence-corrected chi connectivity index (χ1v) is 8.67. The summed E-state index contributed by atoms with van der Waals surface area (Å²) < 4.78 is 0. The molecule has 0 aliphatic heterocycles. The van der Waals surface area contributed by atoms with Gasteiger partial charge in [-0.05, 0) is 61.6 Å². The Kier molecular flexibility index (Phi) is 4.69. The fourth-order valence-corrected chi connectivity index (χ4v) is 4.41. The van der Waals surface area contributed by atoms with Crippen molar-refractivity contribution in [1.82, 2.24) is 5.32 Å². The molecule has 2 aliphatic rings. The summed E-state index contributed by atoms with van der Waals surface area (Å²) in [6.45, 7) is 3.64. The summed E-state index contributed by atoms with van der Waals surface area (Å²) in [4.78, 5) is 23.3. The van der Waals surface area contributed by atoms with Crippen LogP contribution in [0.2, 0.25) is 0 Å². The highest BCUT2D eigenvalue weighted by molar-refractivity contribution is 5.88. The third kappa shape index (κ3) is 3.92. The van der Waals surface area contributed by atoms with E-state index in [1.54, 1.807) is 0 Å². The Labute approximate surface area is 138 Å². The Bertz CT molecular complexity index is 582. The van der Waals surface area contributed by atoms with Crippen LogP contribution in [0.25, 0.3) is 0 Å². The molecule has 0 spiro atoms. The van der Waals surface area contributed by atoms with E-state index in [4.69, 9.17) is 0 Å². The largest absolute Gasteiger partial charge is 0.353 e. The van der Waals surface area contributed by atoms with Gasteiger partial charge in [-0.25, -0.2) is 0 Å². The number of anilines is 1. The van der Waals surface area contributed by atoms with Gasteiger partial charge in [0.15, 0.2) is 0 Å². The standard InChI is InChI=1S/C19H26N2O2/c1-12(18-10-15-3-6-16(18)9-15)20-19(23)11-14-4-7-17(8-5-14)21-13(2)22/h4-5,7-8,12,15-16,18H,3,6,9-11H2,1-2H3,(H,20,23)(H,21,22)/t12-,15+,16+,18+/m1/s1. The van der Waals surface area contributed by atoms with Crippen LogP contribution < -0.4 is 10.6 Å². The predicted molar refractivity (Wildman–Crippen MR) is 91.0 cm³/mol. The lowest BCUT2D eigenvalue weighted by Crippen LogP contribution is -2.40. The summed E-state index contributed by atoms with van der Waals surface area (Å²) >= 11 is 0. The molecule has 23 heavy (non-hydrogen) atoms. The van der Waals surface area contributed by atoms with Crippen LogP contribution in [0.1, 0.15) is 45.1 Å². The Morgan fingerprint density at radius 3 is 2.48 bits per heavy atom. The number of hydrogen-bond donors (Lipinski definition) is 2. The molecule has 2 N–H and O–H groups in total. The van der Waals surface area contributed by atoms with Crippen molar-refractivity contribution in [1.29, 1.82) is 0 Å². The van der Waals surface area contributed by atoms with Gasteiger partial charge in [0.2, 0.25) is 11.8 Å². The maximum atomic E-state index is 12.3. The third-order valence-corrected chi connectivity index (χ3v) is 5.46. The van der Waals surface area contributed by atoms with Crippen molar-refractivity contribution in [3.63, 3.8) is 0 Å². The average Bonchev–Trinajstić information content (AvgIpc) is 3.11. The van der Waals surface area contributed by atoms with Crippen LogP contribution in [0.5, 0.6) is 0 Å². The lowest BCUT2D eigenvalue weighted by Gasteiger charge is -2.28. The van der Waals surface area contributed by atoms with E-state index in [-0.39, 0.29) is 17.9 Å². The molecule has 0 unspecified atom stereocenters. The lowest BCUT2D eigenvalue weighted by atomic mass is 9.84. The smallest absolute Gasteiger partial charge is 0.224 e. The van der Waals surface area contributed by atoms with Crippen molar-refractivity contribution in [2.45, 2.75) is 52.0 Å². The summed E-state index contributed by atoms with van der Waals surface area (Å²) in [6, 6.07) is 7.74. The number of carbonyl (C=O) groups is 2. The second kappa shape index (κ2) is 6.73. The molecule has 0 heterocycles. The molecule has 0 saturated heterocycles. The Hall–Kier alpha value is -1.84. The summed E-state index contributed by atoms with van der Waals surface area (Å²) in [5.74, 6) is 2.40. The van der Waals surface area contributed by atoms with Crippen molar-refractivity contribution in [3.8, 4) is 0 Å². The van der Waals surface area contributed by atoms with Crippen LogP contribution >= 0.6 is 0 Å². The molecule has 1 aromatic rings. The predicted octanol–water partition coefficient (Wildman–Crippen LogP) is 3.13. The SMILES string of the molecule is CC(=O)Nc1ccc(CC(=O)N[C@H](C)[C@@H]2C[C@H]3CC[C@H]2C3)cc1. The zero-order chi connectivity index (χ0) is 16.4. The molecule has 4 atom stereocenters. The monoisotopic (exact) mass is 314 g/mol. The second-order valence-electron chi connectivity index (χ2n) is 7.25. The first-order chi connectivity index (χ1) is 11.0. The van der Waals surface area contributed by atoms with Crippen LogP contribution in [0.3, 0.4) is 0 Å². The molecule has 2 bridgehead atoms. The highest BCUT2D eigenvalue weighted by Crippen LogP contribution is 2.49. The average molecular weight is 314 g/mol. The van der Waals surface area contributed by atoms with Gasteiger partial charge in [-0.2, -0.15) is 0 Å². The topological polar surface area (TPSA) is 58.2 Å². The number of fused-ring (bicyclic) bond motifs is 2. The molecule has 0 radical (unpaired) electrons. The fourth-order valence-electron chi connectivity index (χ4n) is 4.41. The molecule has 2 saturated carbocycles. The molecule has 2 aliphatic carbocycles.